The van der Waals surface area contributed by atoms with Crippen molar-refractivity contribution in [2.24, 2.45) is 0 Å². The molecule has 2 aromatic carbocycles. The Bertz CT molecular complexity index is 623. The van der Waals surface area contributed by atoms with Crippen LogP contribution in [0.3, 0.4) is 0 Å². The number of benzene rings is 2. The lowest BCUT2D eigenvalue weighted by atomic mass is 10.3. The van der Waals surface area contributed by atoms with Gasteiger partial charge in [0.2, 0.25) is 6.41 Å². The molecule has 1 atom stereocenters. The highest BCUT2D eigenvalue weighted by atomic mass is 32.2. The number of nitrogens with one attached hydrogen (secondary N) is 1. The first kappa shape index (κ1) is 18.4. The highest BCUT2D eigenvalue weighted by molar-refractivity contribution is 7.98. The topological polar surface area (TPSA) is 64.6 Å². The van der Waals surface area contributed by atoms with E-state index in [2.05, 4.69) is 5.32 Å². The number of carbonyl (C=O) groups excluding carboxylic acids is 1. The Morgan fingerprint density at radius 1 is 1.04 bits per heavy atom. The van der Waals surface area contributed by atoms with E-state index in [-0.39, 0.29) is 0 Å². The first-order chi connectivity index (χ1) is 11.7. The summed E-state index contributed by atoms with van der Waals surface area (Å²) in [6.45, 7) is 0. The molecule has 0 aliphatic heterocycles. The Balaban J connectivity index is 2.30. The maximum atomic E-state index is 13.5. The molecule has 0 heterocycles. The second-order valence-electron chi connectivity index (χ2n) is 4.93. The number of amides is 1. The number of carbonyl (C=O) groups is 1. The number of rotatable bonds is 10. The monoisotopic (exact) mass is 365 g/mol. The lowest BCUT2D eigenvalue weighted by molar-refractivity contribution is -0.109. The van der Waals surface area contributed by atoms with Gasteiger partial charge in [0, 0.05) is 0 Å². The molecule has 1 N–H and O–H groups in total. The van der Waals surface area contributed by atoms with Crippen molar-refractivity contribution in [2.45, 2.75) is 12.2 Å². The molecule has 2 aromatic rings. The van der Waals surface area contributed by atoms with E-state index < -0.39 is 13.4 Å². The average molecular weight is 365 g/mol. The van der Waals surface area contributed by atoms with Crippen molar-refractivity contribution in [3.05, 3.63) is 60.7 Å². The normalized spacial score (nSPS) is 12.2. The van der Waals surface area contributed by atoms with Gasteiger partial charge in [-0.2, -0.15) is 11.8 Å². The van der Waals surface area contributed by atoms with Crippen LogP contribution in [0.15, 0.2) is 60.7 Å². The Morgan fingerprint density at radius 2 is 1.54 bits per heavy atom. The van der Waals surface area contributed by atoms with Gasteiger partial charge in [0.25, 0.3) is 0 Å². The second-order valence-corrected chi connectivity index (χ2v) is 7.98. The molecule has 0 aliphatic carbocycles. The van der Waals surface area contributed by atoms with Gasteiger partial charge >= 0.3 is 7.60 Å². The summed E-state index contributed by atoms with van der Waals surface area (Å²) in [5.74, 6) is 0.839. The first-order valence-electron chi connectivity index (χ1n) is 7.45. The predicted octanol–water partition coefficient (Wildman–Crippen LogP) is 4.16. The minimum Gasteiger partial charge on any atom is -0.415 e. The summed E-state index contributed by atoms with van der Waals surface area (Å²) in [6, 6.07) is 17.6. The molecule has 0 saturated carbocycles. The smallest absolute Gasteiger partial charge is 0.415 e. The molecule has 0 aliphatic rings. The van der Waals surface area contributed by atoms with Crippen LogP contribution in [0, 0.1) is 0 Å². The summed E-state index contributed by atoms with van der Waals surface area (Å²) < 4.78 is 24.9. The van der Waals surface area contributed by atoms with Gasteiger partial charge in [0.15, 0.2) is 5.78 Å². The molecule has 0 bridgehead atoms. The Kier molecular flexibility index (Phi) is 7.22. The van der Waals surface area contributed by atoms with Gasteiger partial charge < -0.3 is 14.4 Å². The van der Waals surface area contributed by atoms with Gasteiger partial charge in [-0.05, 0) is 42.7 Å². The maximum Gasteiger partial charge on any atom is 0.452 e. The van der Waals surface area contributed by atoms with Gasteiger partial charge in [-0.1, -0.05) is 36.4 Å². The predicted molar refractivity (Wildman–Crippen MR) is 97.7 cm³/mol. The number of hydrogen-bond donors (Lipinski definition) is 1. The summed E-state index contributed by atoms with van der Waals surface area (Å²) in [5.41, 5.74) is 0. The molecule has 0 fully saturated rings. The minimum atomic E-state index is -3.68. The van der Waals surface area contributed by atoms with Gasteiger partial charge in [0.1, 0.15) is 11.5 Å². The van der Waals surface area contributed by atoms with Crippen LogP contribution in [0.2, 0.25) is 0 Å². The van der Waals surface area contributed by atoms with Gasteiger partial charge in [0.05, 0.1) is 0 Å². The number of para-hydroxylation sites is 2. The van der Waals surface area contributed by atoms with Crippen LogP contribution in [-0.2, 0) is 9.36 Å². The molecule has 1 unspecified atom stereocenters. The van der Waals surface area contributed by atoms with Crippen LogP contribution in [0.1, 0.15) is 6.42 Å². The first-order valence-corrected chi connectivity index (χ1v) is 10.5. The molecule has 7 heteroatoms. The van der Waals surface area contributed by atoms with E-state index in [0.29, 0.717) is 30.1 Å². The van der Waals surface area contributed by atoms with E-state index in [1.807, 2.05) is 18.4 Å². The van der Waals surface area contributed by atoms with Crippen molar-refractivity contribution < 1.29 is 18.4 Å². The lowest BCUT2D eigenvalue weighted by Gasteiger charge is -2.27. The van der Waals surface area contributed by atoms with E-state index in [1.54, 1.807) is 60.3 Å². The fourth-order valence-electron chi connectivity index (χ4n) is 2.04. The van der Waals surface area contributed by atoms with E-state index >= 15 is 0 Å². The van der Waals surface area contributed by atoms with Crippen molar-refractivity contribution in [1.82, 2.24) is 5.32 Å². The third kappa shape index (κ3) is 5.32. The Morgan fingerprint density at radius 3 is 1.96 bits per heavy atom. The third-order valence-electron chi connectivity index (χ3n) is 3.19. The van der Waals surface area contributed by atoms with Crippen LogP contribution in [-0.4, -0.2) is 24.2 Å². The van der Waals surface area contributed by atoms with Crippen molar-refractivity contribution >= 4 is 25.8 Å². The molecular weight excluding hydrogens is 345 g/mol. The minimum absolute atomic E-state index is 0.429. The van der Waals surface area contributed by atoms with Crippen LogP contribution in [0.4, 0.5) is 0 Å². The molecule has 0 radical (unpaired) electrons. The lowest BCUT2D eigenvalue weighted by Crippen LogP contribution is -2.32. The third-order valence-corrected chi connectivity index (χ3v) is 5.93. The van der Waals surface area contributed by atoms with Crippen LogP contribution in [0.25, 0.3) is 0 Å². The van der Waals surface area contributed by atoms with Crippen molar-refractivity contribution in [3.63, 3.8) is 0 Å². The zero-order valence-electron chi connectivity index (χ0n) is 13.3. The standard InChI is InChI=1S/C17H20NO4PS/c1-24-13-12-17(18-14-19)23(20,21-15-8-4-2-5-9-15)22-16-10-6-3-7-11-16/h2-11,14,17H,12-13H2,1H3,(H,18,19). The van der Waals surface area contributed by atoms with Gasteiger partial charge in [-0.3, -0.25) is 4.79 Å². The van der Waals surface area contributed by atoms with Crippen LogP contribution >= 0.6 is 19.4 Å². The molecule has 128 valence electrons. The van der Waals surface area contributed by atoms with E-state index in [4.69, 9.17) is 9.05 Å². The zero-order valence-corrected chi connectivity index (χ0v) is 15.0. The maximum absolute atomic E-state index is 13.5. The summed E-state index contributed by atoms with van der Waals surface area (Å²) in [5, 5.41) is 2.59. The molecule has 0 spiro atoms. The summed E-state index contributed by atoms with van der Waals surface area (Å²) in [4.78, 5) is 11.0. The molecule has 0 saturated heterocycles. The zero-order chi connectivity index (χ0) is 17.3. The quantitative estimate of drug-likeness (QED) is 0.506. The van der Waals surface area contributed by atoms with Gasteiger partial charge in [-0.15, -0.1) is 0 Å². The highest BCUT2D eigenvalue weighted by Crippen LogP contribution is 2.53. The Labute approximate surface area is 146 Å². The van der Waals surface area contributed by atoms with E-state index in [0.717, 1.165) is 0 Å². The molecule has 0 aromatic heterocycles. The molecular formula is C17H20NO4PS. The molecule has 24 heavy (non-hydrogen) atoms. The fraction of sp³-hybridized carbons (Fsp3) is 0.235. The second kappa shape index (κ2) is 9.40. The van der Waals surface area contributed by atoms with E-state index in [1.165, 1.54) is 0 Å². The van der Waals surface area contributed by atoms with Crippen LogP contribution < -0.4 is 14.4 Å². The summed E-state index contributed by atoms with van der Waals surface area (Å²) >= 11 is 1.60. The van der Waals surface area contributed by atoms with E-state index in [9.17, 15) is 9.36 Å². The summed E-state index contributed by atoms with van der Waals surface area (Å²) in [7, 11) is -3.68. The van der Waals surface area contributed by atoms with Crippen molar-refractivity contribution in [1.29, 1.82) is 0 Å². The largest absolute Gasteiger partial charge is 0.452 e. The van der Waals surface area contributed by atoms with Crippen molar-refractivity contribution in [2.75, 3.05) is 12.0 Å². The summed E-state index contributed by atoms with van der Waals surface area (Å²) in [6.07, 6.45) is 2.94. The Hall–Kier alpha value is -1.91. The number of thioether (sulfide) groups is 1. The fourth-order valence-corrected chi connectivity index (χ4v) is 4.50. The van der Waals surface area contributed by atoms with Gasteiger partial charge in [-0.25, -0.2) is 4.57 Å². The average Bonchev–Trinajstić information content (AvgIpc) is 2.60. The SMILES string of the molecule is CSCCC(NC=O)P(=O)(Oc1ccccc1)Oc1ccccc1. The molecule has 5 nitrogen and oxygen atoms in total. The number of hydrogen-bond acceptors (Lipinski definition) is 5. The molecule has 1 amide bonds. The van der Waals surface area contributed by atoms with Crippen molar-refractivity contribution in [3.8, 4) is 11.5 Å². The van der Waals surface area contributed by atoms with Crippen LogP contribution in [0.5, 0.6) is 11.5 Å². The molecule has 2 rings (SSSR count). The highest BCUT2D eigenvalue weighted by Gasteiger charge is 2.39.